The Morgan fingerprint density at radius 1 is 1.25 bits per heavy atom. The van der Waals surface area contributed by atoms with Crippen molar-refractivity contribution in [2.45, 2.75) is 6.42 Å². The minimum Gasteiger partial charge on any atom is -0.380 e. The van der Waals surface area contributed by atoms with Crippen LogP contribution in [0.1, 0.15) is 5.56 Å². The van der Waals surface area contributed by atoms with Crippen molar-refractivity contribution in [3.8, 4) is 0 Å². The average molecular weight is 223 g/mol. The predicted molar refractivity (Wildman–Crippen MR) is 64.6 cm³/mol. The molecule has 0 aromatic carbocycles. The van der Waals surface area contributed by atoms with Crippen molar-refractivity contribution in [3.05, 3.63) is 24.0 Å². The molecule has 0 saturated carbocycles. The van der Waals surface area contributed by atoms with E-state index in [-0.39, 0.29) is 0 Å². The third kappa shape index (κ3) is 3.96. The third-order valence-electron chi connectivity index (χ3n) is 2.96. The quantitative estimate of drug-likeness (QED) is 0.689. The fourth-order valence-corrected chi connectivity index (χ4v) is 1.93. The van der Waals surface area contributed by atoms with E-state index in [2.05, 4.69) is 21.3 Å². The second-order valence-electron chi connectivity index (χ2n) is 4.17. The predicted octanol–water partition coefficient (Wildman–Crippen LogP) is 0.479. The van der Waals surface area contributed by atoms with Crippen molar-refractivity contribution in [1.29, 1.82) is 0 Å². The second-order valence-corrected chi connectivity index (χ2v) is 4.17. The minimum absolute atomic E-state index is 0.823. The van der Waals surface area contributed by atoms with Crippen LogP contribution in [0.25, 0.3) is 0 Å². The molecule has 1 aromatic rings. The standard InChI is InChI=1S/C12H21N3O/c1-3-14-11-12(1)2-9-16-10-8-15-6-4-13-5-7-15/h1,3,11,13-14H,2,4-10H2. The Bertz CT molecular complexity index is 268. The van der Waals surface area contributed by atoms with Gasteiger partial charge in [0, 0.05) is 45.1 Å². The molecule has 0 unspecified atom stereocenters. The molecule has 0 atom stereocenters. The molecular weight excluding hydrogens is 202 g/mol. The highest BCUT2D eigenvalue weighted by molar-refractivity contribution is 5.07. The topological polar surface area (TPSA) is 40.3 Å². The Balaban J connectivity index is 1.48. The molecule has 1 saturated heterocycles. The van der Waals surface area contributed by atoms with Crippen molar-refractivity contribution >= 4 is 0 Å². The first-order valence-electron chi connectivity index (χ1n) is 6.07. The van der Waals surface area contributed by atoms with Crippen LogP contribution in [0.3, 0.4) is 0 Å². The second kappa shape index (κ2) is 6.68. The van der Waals surface area contributed by atoms with E-state index in [4.69, 9.17) is 4.74 Å². The van der Waals surface area contributed by atoms with Gasteiger partial charge in [-0.1, -0.05) is 0 Å². The Labute approximate surface area is 97.0 Å². The molecule has 2 rings (SSSR count). The van der Waals surface area contributed by atoms with Gasteiger partial charge in [0.1, 0.15) is 0 Å². The summed E-state index contributed by atoms with van der Waals surface area (Å²) in [7, 11) is 0. The van der Waals surface area contributed by atoms with Crippen LogP contribution in [0.4, 0.5) is 0 Å². The molecule has 0 spiro atoms. The number of nitrogens with one attached hydrogen (secondary N) is 2. The molecule has 1 aromatic heterocycles. The molecule has 2 N–H and O–H groups in total. The first-order chi connectivity index (χ1) is 7.95. The number of nitrogens with zero attached hydrogens (tertiary/aromatic N) is 1. The summed E-state index contributed by atoms with van der Waals surface area (Å²) in [5.41, 5.74) is 1.32. The zero-order chi connectivity index (χ0) is 11.1. The van der Waals surface area contributed by atoms with Gasteiger partial charge in [0.15, 0.2) is 0 Å². The molecule has 0 aliphatic carbocycles. The lowest BCUT2D eigenvalue weighted by Gasteiger charge is -2.26. The minimum atomic E-state index is 0.823. The Morgan fingerprint density at radius 3 is 2.88 bits per heavy atom. The van der Waals surface area contributed by atoms with Gasteiger partial charge in [0.2, 0.25) is 0 Å². The number of H-pyrrole nitrogens is 1. The molecule has 1 aliphatic heterocycles. The molecular formula is C12H21N3O. The molecule has 2 heterocycles. The zero-order valence-electron chi connectivity index (χ0n) is 9.74. The van der Waals surface area contributed by atoms with Crippen molar-refractivity contribution in [1.82, 2.24) is 15.2 Å². The van der Waals surface area contributed by atoms with Gasteiger partial charge in [0.25, 0.3) is 0 Å². The SMILES string of the molecule is c1cc(CCOCCN2CCNCC2)c[nH]1. The van der Waals surface area contributed by atoms with E-state index in [1.807, 2.05) is 12.4 Å². The van der Waals surface area contributed by atoms with Crippen LogP contribution in [0.15, 0.2) is 18.5 Å². The van der Waals surface area contributed by atoms with Crippen LogP contribution in [-0.2, 0) is 11.2 Å². The van der Waals surface area contributed by atoms with E-state index in [0.29, 0.717) is 0 Å². The summed E-state index contributed by atoms with van der Waals surface area (Å²) in [4.78, 5) is 5.50. The Morgan fingerprint density at radius 2 is 2.12 bits per heavy atom. The summed E-state index contributed by atoms with van der Waals surface area (Å²) in [5, 5.41) is 3.35. The Kier molecular flexibility index (Phi) is 4.86. The number of hydrogen-bond acceptors (Lipinski definition) is 3. The van der Waals surface area contributed by atoms with Gasteiger partial charge < -0.3 is 15.0 Å². The number of piperazine rings is 1. The van der Waals surface area contributed by atoms with Crippen LogP contribution in [0, 0.1) is 0 Å². The highest BCUT2D eigenvalue weighted by atomic mass is 16.5. The fourth-order valence-electron chi connectivity index (χ4n) is 1.93. The number of aromatic amines is 1. The van der Waals surface area contributed by atoms with E-state index >= 15 is 0 Å². The van der Waals surface area contributed by atoms with Crippen LogP contribution in [-0.4, -0.2) is 55.8 Å². The maximum absolute atomic E-state index is 5.63. The highest BCUT2D eigenvalue weighted by Crippen LogP contribution is 1.98. The van der Waals surface area contributed by atoms with Crippen molar-refractivity contribution in [2.24, 2.45) is 0 Å². The molecule has 1 fully saturated rings. The number of rotatable bonds is 6. The van der Waals surface area contributed by atoms with E-state index in [9.17, 15) is 0 Å². The van der Waals surface area contributed by atoms with Crippen LogP contribution in [0.2, 0.25) is 0 Å². The van der Waals surface area contributed by atoms with Gasteiger partial charge in [-0.3, -0.25) is 4.90 Å². The van der Waals surface area contributed by atoms with Gasteiger partial charge >= 0.3 is 0 Å². The normalized spacial score (nSPS) is 17.8. The zero-order valence-corrected chi connectivity index (χ0v) is 9.74. The largest absolute Gasteiger partial charge is 0.380 e. The van der Waals surface area contributed by atoms with Crippen molar-refractivity contribution in [2.75, 3.05) is 45.9 Å². The first kappa shape index (κ1) is 11.6. The van der Waals surface area contributed by atoms with Gasteiger partial charge in [-0.25, -0.2) is 0 Å². The summed E-state index contributed by atoms with van der Waals surface area (Å²) in [6.45, 7) is 7.28. The van der Waals surface area contributed by atoms with E-state index in [1.165, 1.54) is 5.56 Å². The summed E-state index contributed by atoms with van der Waals surface area (Å²) >= 11 is 0. The molecule has 1 aliphatic rings. The van der Waals surface area contributed by atoms with Crippen LogP contribution in [0.5, 0.6) is 0 Å². The fraction of sp³-hybridized carbons (Fsp3) is 0.667. The van der Waals surface area contributed by atoms with E-state index < -0.39 is 0 Å². The van der Waals surface area contributed by atoms with E-state index in [0.717, 1.165) is 52.4 Å². The number of aromatic nitrogens is 1. The summed E-state index contributed by atoms with van der Waals surface area (Å²) in [6, 6.07) is 2.10. The smallest absolute Gasteiger partial charge is 0.0593 e. The lowest BCUT2D eigenvalue weighted by Crippen LogP contribution is -2.44. The van der Waals surface area contributed by atoms with E-state index in [1.54, 1.807) is 0 Å². The molecule has 16 heavy (non-hydrogen) atoms. The van der Waals surface area contributed by atoms with Gasteiger partial charge in [-0.05, 0) is 18.1 Å². The molecule has 4 nitrogen and oxygen atoms in total. The van der Waals surface area contributed by atoms with Crippen molar-refractivity contribution in [3.63, 3.8) is 0 Å². The summed E-state index contributed by atoms with van der Waals surface area (Å²) in [5.74, 6) is 0. The van der Waals surface area contributed by atoms with Crippen LogP contribution < -0.4 is 5.32 Å². The molecule has 4 heteroatoms. The van der Waals surface area contributed by atoms with Gasteiger partial charge in [-0.2, -0.15) is 0 Å². The molecule has 0 radical (unpaired) electrons. The maximum atomic E-state index is 5.63. The number of ether oxygens (including phenoxy) is 1. The van der Waals surface area contributed by atoms with Gasteiger partial charge in [0.05, 0.1) is 13.2 Å². The first-order valence-corrected chi connectivity index (χ1v) is 6.07. The third-order valence-corrected chi connectivity index (χ3v) is 2.96. The summed E-state index contributed by atoms with van der Waals surface area (Å²) < 4.78 is 5.63. The lowest BCUT2D eigenvalue weighted by atomic mass is 10.2. The average Bonchev–Trinajstić information content (AvgIpc) is 2.83. The molecule has 90 valence electrons. The monoisotopic (exact) mass is 223 g/mol. The van der Waals surface area contributed by atoms with Crippen molar-refractivity contribution < 1.29 is 4.74 Å². The van der Waals surface area contributed by atoms with Crippen LogP contribution >= 0.6 is 0 Å². The highest BCUT2D eigenvalue weighted by Gasteiger charge is 2.08. The lowest BCUT2D eigenvalue weighted by molar-refractivity contribution is 0.101. The molecule has 0 amide bonds. The molecule has 0 bridgehead atoms. The summed E-state index contributed by atoms with van der Waals surface area (Å²) in [6.07, 6.45) is 4.99. The number of hydrogen-bond donors (Lipinski definition) is 2. The maximum Gasteiger partial charge on any atom is 0.0593 e. The Hall–Kier alpha value is -0.840. The van der Waals surface area contributed by atoms with Gasteiger partial charge in [-0.15, -0.1) is 0 Å².